The number of fused-ring (bicyclic) bond motifs is 3. The van der Waals surface area contributed by atoms with Crippen molar-refractivity contribution >= 4 is 29.3 Å². The SMILES string of the molecule is O=C(NCC#Cc1cc(Cl)cc(F)c1Cl)OCC1c2ccccc2-c2ccccc21. The number of amides is 1. The van der Waals surface area contributed by atoms with Gasteiger partial charge in [-0.2, -0.15) is 0 Å². The second-order valence-corrected chi connectivity index (χ2v) is 7.54. The number of ether oxygens (including phenoxy) is 1. The van der Waals surface area contributed by atoms with Crippen molar-refractivity contribution in [3.05, 3.63) is 93.2 Å². The topological polar surface area (TPSA) is 38.3 Å². The molecule has 1 N–H and O–H groups in total. The summed E-state index contributed by atoms with van der Waals surface area (Å²) in [6.07, 6.45) is -0.575. The zero-order valence-electron chi connectivity index (χ0n) is 15.7. The van der Waals surface area contributed by atoms with Crippen molar-refractivity contribution in [1.82, 2.24) is 5.32 Å². The van der Waals surface area contributed by atoms with E-state index in [2.05, 4.69) is 41.4 Å². The number of benzene rings is 3. The van der Waals surface area contributed by atoms with Crippen molar-refractivity contribution in [3.8, 4) is 23.0 Å². The molecule has 1 aliphatic carbocycles. The van der Waals surface area contributed by atoms with Crippen LogP contribution in [0.5, 0.6) is 0 Å². The van der Waals surface area contributed by atoms with Crippen LogP contribution in [0.25, 0.3) is 11.1 Å². The molecular formula is C24H16Cl2FNO2. The van der Waals surface area contributed by atoms with E-state index < -0.39 is 11.9 Å². The van der Waals surface area contributed by atoms with E-state index in [1.165, 1.54) is 17.2 Å². The van der Waals surface area contributed by atoms with Crippen LogP contribution in [0.3, 0.4) is 0 Å². The first-order valence-corrected chi connectivity index (χ1v) is 10.0. The second kappa shape index (κ2) is 8.79. The van der Waals surface area contributed by atoms with Crippen LogP contribution in [0.4, 0.5) is 9.18 Å². The van der Waals surface area contributed by atoms with Crippen LogP contribution in [0.1, 0.15) is 22.6 Å². The molecule has 3 aromatic carbocycles. The van der Waals surface area contributed by atoms with Crippen LogP contribution >= 0.6 is 23.2 Å². The summed E-state index contributed by atoms with van der Waals surface area (Å²) in [5, 5.41) is 2.66. The fourth-order valence-corrected chi connectivity index (χ4v) is 3.91. The van der Waals surface area contributed by atoms with Gasteiger partial charge in [0.2, 0.25) is 0 Å². The van der Waals surface area contributed by atoms with Crippen molar-refractivity contribution < 1.29 is 13.9 Å². The number of alkyl carbamates (subject to hydrolysis) is 1. The van der Waals surface area contributed by atoms with Gasteiger partial charge in [0.05, 0.1) is 11.6 Å². The van der Waals surface area contributed by atoms with Crippen molar-refractivity contribution in [1.29, 1.82) is 0 Å². The minimum atomic E-state index is -0.641. The molecule has 150 valence electrons. The highest BCUT2D eigenvalue weighted by Gasteiger charge is 2.28. The van der Waals surface area contributed by atoms with Gasteiger partial charge >= 0.3 is 6.09 Å². The van der Waals surface area contributed by atoms with Gasteiger partial charge in [-0.3, -0.25) is 0 Å². The number of carbonyl (C=O) groups excluding carboxylic acids is 1. The maximum Gasteiger partial charge on any atom is 0.407 e. The first kappa shape index (κ1) is 20.3. The Morgan fingerprint density at radius 3 is 2.33 bits per heavy atom. The summed E-state index contributed by atoms with van der Waals surface area (Å²) in [4.78, 5) is 12.1. The average Bonchev–Trinajstić information content (AvgIpc) is 3.07. The third-order valence-electron chi connectivity index (χ3n) is 4.88. The van der Waals surface area contributed by atoms with Crippen LogP contribution in [0.15, 0.2) is 60.7 Å². The van der Waals surface area contributed by atoms with E-state index in [1.54, 1.807) is 0 Å². The molecule has 0 bridgehead atoms. The molecule has 0 heterocycles. The fourth-order valence-electron chi connectivity index (χ4n) is 3.55. The van der Waals surface area contributed by atoms with Crippen LogP contribution < -0.4 is 5.32 Å². The predicted molar refractivity (Wildman–Crippen MR) is 116 cm³/mol. The summed E-state index contributed by atoms with van der Waals surface area (Å²) < 4.78 is 19.0. The van der Waals surface area contributed by atoms with E-state index in [-0.39, 0.29) is 34.7 Å². The van der Waals surface area contributed by atoms with E-state index in [1.807, 2.05) is 24.3 Å². The van der Waals surface area contributed by atoms with Gasteiger partial charge < -0.3 is 10.1 Å². The zero-order chi connectivity index (χ0) is 21.1. The quantitative estimate of drug-likeness (QED) is 0.400. The van der Waals surface area contributed by atoms with Crippen molar-refractivity contribution in [2.24, 2.45) is 0 Å². The Labute approximate surface area is 183 Å². The highest BCUT2D eigenvalue weighted by molar-refractivity contribution is 6.34. The molecule has 3 nitrogen and oxygen atoms in total. The predicted octanol–water partition coefficient (Wildman–Crippen LogP) is 6.02. The third-order valence-corrected chi connectivity index (χ3v) is 5.48. The average molecular weight is 440 g/mol. The van der Waals surface area contributed by atoms with Crippen molar-refractivity contribution in [3.63, 3.8) is 0 Å². The lowest BCUT2D eigenvalue weighted by molar-refractivity contribution is 0.144. The molecule has 0 saturated carbocycles. The molecule has 0 radical (unpaired) electrons. The molecule has 30 heavy (non-hydrogen) atoms. The minimum absolute atomic E-state index is 0.0116. The van der Waals surface area contributed by atoms with Gasteiger partial charge in [0, 0.05) is 16.5 Å². The lowest BCUT2D eigenvalue weighted by Gasteiger charge is -2.14. The maximum absolute atomic E-state index is 13.6. The first-order chi connectivity index (χ1) is 14.5. The Balaban J connectivity index is 1.37. The van der Waals surface area contributed by atoms with E-state index in [9.17, 15) is 9.18 Å². The smallest absolute Gasteiger partial charge is 0.407 e. The lowest BCUT2D eigenvalue weighted by Crippen LogP contribution is -2.26. The number of halogens is 3. The van der Waals surface area contributed by atoms with Gasteiger partial charge in [-0.1, -0.05) is 83.6 Å². The molecule has 0 aliphatic heterocycles. The summed E-state index contributed by atoms with van der Waals surface area (Å²) in [6.45, 7) is 0.250. The Morgan fingerprint density at radius 1 is 1.03 bits per heavy atom. The monoisotopic (exact) mass is 439 g/mol. The van der Waals surface area contributed by atoms with E-state index in [0.717, 1.165) is 17.2 Å². The lowest BCUT2D eigenvalue weighted by atomic mass is 9.98. The molecule has 0 spiro atoms. The summed E-state index contributed by atoms with van der Waals surface area (Å²) in [7, 11) is 0. The molecule has 1 aliphatic rings. The Bertz CT molecular complexity index is 1140. The Morgan fingerprint density at radius 2 is 1.67 bits per heavy atom. The second-order valence-electron chi connectivity index (χ2n) is 6.73. The van der Waals surface area contributed by atoms with Gasteiger partial charge in [0.25, 0.3) is 0 Å². The highest BCUT2D eigenvalue weighted by atomic mass is 35.5. The number of carbonyl (C=O) groups is 1. The van der Waals surface area contributed by atoms with Crippen LogP contribution in [0.2, 0.25) is 10.0 Å². The molecule has 4 rings (SSSR count). The number of hydrogen-bond donors (Lipinski definition) is 1. The van der Waals surface area contributed by atoms with Crippen LogP contribution in [-0.2, 0) is 4.74 Å². The molecular weight excluding hydrogens is 424 g/mol. The minimum Gasteiger partial charge on any atom is -0.449 e. The number of nitrogens with one attached hydrogen (secondary N) is 1. The zero-order valence-corrected chi connectivity index (χ0v) is 17.2. The highest BCUT2D eigenvalue weighted by Crippen LogP contribution is 2.44. The van der Waals surface area contributed by atoms with E-state index in [0.29, 0.717) is 0 Å². The van der Waals surface area contributed by atoms with Gasteiger partial charge in [-0.25, -0.2) is 9.18 Å². The molecule has 3 aromatic rings. The number of hydrogen-bond acceptors (Lipinski definition) is 2. The summed E-state index contributed by atoms with van der Waals surface area (Å²) >= 11 is 11.7. The van der Waals surface area contributed by atoms with Crippen LogP contribution in [-0.4, -0.2) is 19.2 Å². The molecule has 1 amide bonds. The molecule has 0 atom stereocenters. The van der Waals surface area contributed by atoms with E-state index in [4.69, 9.17) is 27.9 Å². The molecule has 0 unspecified atom stereocenters. The molecule has 0 aromatic heterocycles. The fraction of sp³-hybridized carbons (Fsp3) is 0.125. The summed E-state index contributed by atoms with van der Waals surface area (Å²) in [5.74, 6) is 4.76. The maximum atomic E-state index is 13.6. The van der Waals surface area contributed by atoms with Crippen molar-refractivity contribution in [2.45, 2.75) is 5.92 Å². The standard InChI is InChI=1S/C24H16Cl2FNO2/c25-16-12-15(23(26)22(27)13-16)6-5-11-28-24(29)30-14-21-19-9-3-1-7-17(19)18-8-2-4-10-20(18)21/h1-4,7-10,12-13,21H,11,14H2,(H,28,29). The van der Waals surface area contributed by atoms with Gasteiger partial charge in [0.15, 0.2) is 0 Å². The molecule has 0 saturated heterocycles. The van der Waals surface area contributed by atoms with Gasteiger partial charge in [0.1, 0.15) is 12.4 Å². The normalized spacial score (nSPS) is 11.8. The molecule has 0 fully saturated rings. The molecule has 6 heteroatoms. The first-order valence-electron chi connectivity index (χ1n) is 9.27. The van der Waals surface area contributed by atoms with E-state index >= 15 is 0 Å². The van der Waals surface area contributed by atoms with Gasteiger partial charge in [-0.15, -0.1) is 0 Å². The van der Waals surface area contributed by atoms with Crippen molar-refractivity contribution in [2.75, 3.05) is 13.2 Å². The number of rotatable bonds is 3. The largest absolute Gasteiger partial charge is 0.449 e. The van der Waals surface area contributed by atoms with Crippen LogP contribution in [0, 0.1) is 17.7 Å². The Kier molecular flexibility index (Phi) is 5.94. The summed E-state index contributed by atoms with van der Waals surface area (Å²) in [5.41, 5.74) is 4.88. The van der Waals surface area contributed by atoms with Gasteiger partial charge in [-0.05, 0) is 34.4 Å². The summed E-state index contributed by atoms with van der Waals surface area (Å²) in [6, 6.07) is 18.8. The Hall–Kier alpha value is -3.00. The third kappa shape index (κ3) is 4.14.